The zero-order valence-corrected chi connectivity index (χ0v) is 14.2. The largest absolute Gasteiger partial charge is 0.465 e. The molecule has 0 aliphatic rings. The summed E-state index contributed by atoms with van der Waals surface area (Å²) in [6.45, 7) is 1.60. The standard InChI is InChI=1S/C16H13N3O5S/c1-9-12(8-17)15(25-14(9)16(21)24-2)18-13(20)7-10-3-5-11(6-4-10)19(22)23/h3-6H,7H2,1-2H3,(H,18,20). The number of carbonyl (C=O) groups excluding carboxylic acids is 2. The lowest BCUT2D eigenvalue weighted by atomic mass is 10.1. The van der Waals surface area contributed by atoms with Gasteiger partial charge in [-0.15, -0.1) is 11.3 Å². The summed E-state index contributed by atoms with van der Waals surface area (Å²) in [6, 6.07) is 7.57. The van der Waals surface area contributed by atoms with Crippen LogP contribution >= 0.6 is 11.3 Å². The molecule has 1 aromatic heterocycles. The second-order valence-corrected chi connectivity index (χ2v) is 6.03. The summed E-state index contributed by atoms with van der Waals surface area (Å²) in [7, 11) is 1.24. The van der Waals surface area contributed by atoms with Crippen molar-refractivity contribution in [2.45, 2.75) is 13.3 Å². The van der Waals surface area contributed by atoms with E-state index in [9.17, 15) is 25.0 Å². The van der Waals surface area contributed by atoms with E-state index < -0.39 is 16.8 Å². The van der Waals surface area contributed by atoms with Crippen LogP contribution in [0.4, 0.5) is 10.7 Å². The smallest absolute Gasteiger partial charge is 0.348 e. The highest BCUT2D eigenvalue weighted by Crippen LogP contribution is 2.33. The van der Waals surface area contributed by atoms with Crippen LogP contribution in [0.5, 0.6) is 0 Å². The molecule has 2 rings (SSSR count). The first-order chi connectivity index (χ1) is 11.9. The van der Waals surface area contributed by atoms with Crippen molar-refractivity contribution in [3.8, 4) is 6.07 Å². The number of ether oxygens (including phenoxy) is 1. The third kappa shape index (κ3) is 3.99. The van der Waals surface area contributed by atoms with Crippen LogP contribution < -0.4 is 5.32 Å². The minimum atomic E-state index is -0.574. The number of rotatable bonds is 5. The van der Waals surface area contributed by atoms with E-state index in [1.165, 1.54) is 31.4 Å². The van der Waals surface area contributed by atoms with Gasteiger partial charge in [0.05, 0.1) is 24.0 Å². The van der Waals surface area contributed by atoms with Gasteiger partial charge in [0.25, 0.3) is 5.69 Å². The molecule has 2 aromatic rings. The van der Waals surface area contributed by atoms with Gasteiger partial charge in [0.2, 0.25) is 5.91 Å². The minimum absolute atomic E-state index is 0.0205. The number of esters is 1. The highest BCUT2D eigenvalue weighted by molar-refractivity contribution is 7.18. The average Bonchev–Trinajstić information content (AvgIpc) is 2.89. The monoisotopic (exact) mass is 359 g/mol. The molecule has 0 unspecified atom stereocenters. The van der Waals surface area contributed by atoms with E-state index in [0.717, 1.165) is 11.3 Å². The van der Waals surface area contributed by atoms with E-state index in [0.29, 0.717) is 11.1 Å². The molecule has 0 radical (unpaired) electrons. The molecule has 0 bridgehead atoms. The van der Waals surface area contributed by atoms with E-state index >= 15 is 0 Å². The van der Waals surface area contributed by atoms with Gasteiger partial charge in [0.1, 0.15) is 15.9 Å². The number of thiophene rings is 1. The van der Waals surface area contributed by atoms with Gasteiger partial charge < -0.3 is 10.1 Å². The number of anilines is 1. The predicted molar refractivity (Wildman–Crippen MR) is 90.5 cm³/mol. The number of hydrogen-bond donors (Lipinski definition) is 1. The van der Waals surface area contributed by atoms with Crippen molar-refractivity contribution in [2.75, 3.05) is 12.4 Å². The van der Waals surface area contributed by atoms with Crippen molar-refractivity contribution in [1.82, 2.24) is 0 Å². The van der Waals surface area contributed by atoms with Crippen LogP contribution in [0.25, 0.3) is 0 Å². The zero-order chi connectivity index (χ0) is 18.6. The Bertz CT molecular complexity index is 880. The van der Waals surface area contributed by atoms with Crippen molar-refractivity contribution in [3.63, 3.8) is 0 Å². The van der Waals surface area contributed by atoms with Crippen LogP contribution in [0.3, 0.4) is 0 Å². The number of amides is 1. The maximum atomic E-state index is 12.2. The first-order valence-electron chi connectivity index (χ1n) is 7.02. The average molecular weight is 359 g/mol. The molecule has 1 aromatic carbocycles. The molecule has 0 saturated heterocycles. The molecular weight excluding hydrogens is 346 g/mol. The number of nitriles is 1. The normalized spacial score (nSPS) is 9.96. The Kier molecular flexibility index (Phi) is 5.46. The van der Waals surface area contributed by atoms with Gasteiger partial charge in [-0.05, 0) is 18.1 Å². The van der Waals surface area contributed by atoms with Crippen molar-refractivity contribution in [3.05, 3.63) is 55.9 Å². The van der Waals surface area contributed by atoms with E-state index in [1.54, 1.807) is 6.92 Å². The molecule has 0 atom stereocenters. The van der Waals surface area contributed by atoms with E-state index in [-0.39, 0.29) is 27.5 Å². The number of nitro groups is 1. The first-order valence-corrected chi connectivity index (χ1v) is 7.84. The lowest BCUT2D eigenvalue weighted by Crippen LogP contribution is -2.14. The summed E-state index contributed by atoms with van der Waals surface area (Å²) in [4.78, 5) is 34.2. The maximum Gasteiger partial charge on any atom is 0.348 e. The molecule has 0 saturated carbocycles. The molecule has 128 valence electrons. The number of hydrogen-bond acceptors (Lipinski definition) is 7. The van der Waals surface area contributed by atoms with Crippen molar-refractivity contribution >= 4 is 33.9 Å². The van der Waals surface area contributed by atoms with Gasteiger partial charge >= 0.3 is 5.97 Å². The fraction of sp³-hybridized carbons (Fsp3) is 0.188. The highest BCUT2D eigenvalue weighted by atomic mass is 32.1. The Morgan fingerprint density at radius 3 is 2.52 bits per heavy atom. The number of nitrogens with one attached hydrogen (secondary N) is 1. The third-order valence-electron chi connectivity index (χ3n) is 3.39. The molecule has 1 amide bonds. The topological polar surface area (TPSA) is 122 Å². The predicted octanol–water partition coefficient (Wildman–Crippen LogP) is 2.80. The molecule has 1 N–H and O–H groups in total. The third-order valence-corrected chi connectivity index (χ3v) is 4.58. The summed E-state index contributed by atoms with van der Waals surface area (Å²) in [5.74, 6) is -0.974. The summed E-state index contributed by atoms with van der Waals surface area (Å²) < 4.78 is 4.66. The summed E-state index contributed by atoms with van der Waals surface area (Å²) in [5, 5.41) is 22.7. The van der Waals surface area contributed by atoms with Gasteiger partial charge in [-0.25, -0.2) is 4.79 Å². The Morgan fingerprint density at radius 1 is 1.36 bits per heavy atom. The molecule has 9 heteroatoms. The summed E-state index contributed by atoms with van der Waals surface area (Å²) in [6.07, 6.45) is -0.0205. The van der Waals surface area contributed by atoms with Crippen molar-refractivity contribution in [1.29, 1.82) is 5.26 Å². The zero-order valence-electron chi connectivity index (χ0n) is 13.4. The van der Waals surface area contributed by atoms with Crippen molar-refractivity contribution < 1.29 is 19.2 Å². The van der Waals surface area contributed by atoms with Gasteiger partial charge in [-0.3, -0.25) is 14.9 Å². The molecule has 0 spiro atoms. The number of benzene rings is 1. The van der Waals surface area contributed by atoms with Crippen LogP contribution in [0.2, 0.25) is 0 Å². The second-order valence-electron chi connectivity index (χ2n) is 5.01. The molecular formula is C16H13N3O5S. The summed E-state index contributed by atoms with van der Waals surface area (Å²) >= 11 is 0.970. The lowest BCUT2D eigenvalue weighted by molar-refractivity contribution is -0.384. The van der Waals surface area contributed by atoms with Crippen LogP contribution in [0, 0.1) is 28.4 Å². The second kappa shape index (κ2) is 7.55. The van der Waals surface area contributed by atoms with Crippen LogP contribution in [-0.4, -0.2) is 23.9 Å². The highest BCUT2D eigenvalue weighted by Gasteiger charge is 2.21. The molecule has 1 heterocycles. The van der Waals surface area contributed by atoms with Gasteiger partial charge in [0.15, 0.2) is 0 Å². The summed E-state index contributed by atoms with van der Waals surface area (Å²) in [5.41, 5.74) is 1.18. The van der Waals surface area contributed by atoms with Crippen LogP contribution in [0.15, 0.2) is 24.3 Å². The number of non-ortho nitro benzene ring substituents is 1. The van der Waals surface area contributed by atoms with E-state index in [1.807, 2.05) is 6.07 Å². The number of carbonyl (C=O) groups is 2. The van der Waals surface area contributed by atoms with E-state index in [2.05, 4.69) is 10.1 Å². The fourth-order valence-electron chi connectivity index (χ4n) is 2.12. The van der Waals surface area contributed by atoms with Gasteiger partial charge in [-0.1, -0.05) is 12.1 Å². The lowest BCUT2D eigenvalue weighted by Gasteiger charge is -2.03. The van der Waals surface area contributed by atoms with Crippen LogP contribution in [-0.2, 0) is 16.0 Å². The van der Waals surface area contributed by atoms with E-state index in [4.69, 9.17) is 0 Å². The quantitative estimate of drug-likeness (QED) is 0.497. The molecule has 0 fully saturated rings. The first kappa shape index (κ1) is 18.1. The Hall–Kier alpha value is -3.25. The molecule has 0 aliphatic heterocycles. The number of methoxy groups -OCH3 is 1. The number of nitro benzene ring substituents is 1. The minimum Gasteiger partial charge on any atom is -0.465 e. The van der Waals surface area contributed by atoms with Crippen LogP contribution in [0.1, 0.15) is 26.4 Å². The Labute approximate surface area is 146 Å². The van der Waals surface area contributed by atoms with Gasteiger partial charge in [0, 0.05) is 12.1 Å². The fourth-order valence-corrected chi connectivity index (χ4v) is 3.21. The number of nitrogens with zero attached hydrogens (tertiary/aromatic N) is 2. The molecule has 0 aliphatic carbocycles. The van der Waals surface area contributed by atoms with Crippen molar-refractivity contribution in [2.24, 2.45) is 0 Å². The molecule has 8 nitrogen and oxygen atoms in total. The Morgan fingerprint density at radius 2 is 2.00 bits per heavy atom. The van der Waals surface area contributed by atoms with Gasteiger partial charge in [-0.2, -0.15) is 5.26 Å². The molecule has 25 heavy (non-hydrogen) atoms. The Balaban J connectivity index is 2.16. The maximum absolute atomic E-state index is 12.2. The SMILES string of the molecule is COC(=O)c1sc(NC(=O)Cc2ccc([N+](=O)[O-])cc2)c(C#N)c1C.